The average molecular weight is 354 g/mol. The van der Waals surface area contributed by atoms with Gasteiger partial charge in [-0.3, -0.25) is 4.79 Å². The van der Waals surface area contributed by atoms with E-state index in [2.05, 4.69) is 4.90 Å². The average Bonchev–Trinajstić information content (AvgIpc) is 3.22. The number of nitrogens with zero attached hydrogens (tertiary/aromatic N) is 2. The first kappa shape index (κ1) is 18.1. The zero-order chi connectivity index (χ0) is 18.5. The number of ether oxygens (including phenoxy) is 2. The van der Waals surface area contributed by atoms with Crippen LogP contribution in [-0.2, 0) is 6.54 Å². The first-order valence-corrected chi connectivity index (χ1v) is 8.93. The number of benzene rings is 2. The molecule has 2 aromatic rings. The van der Waals surface area contributed by atoms with Crippen molar-refractivity contribution >= 4 is 11.6 Å². The zero-order valence-corrected chi connectivity index (χ0v) is 15.7. The molecule has 0 aromatic heterocycles. The Morgan fingerprint density at radius 1 is 1.00 bits per heavy atom. The number of anilines is 1. The molecule has 0 saturated carbocycles. The monoisotopic (exact) mass is 354 g/mol. The molecule has 0 unspecified atom stereocenters. The predicted octanol–water partition coefficient (Wildman–Crippen LogP) is 3.58. The molecule has 1 aliphatic rings. The number of hydrogen-bond donors (Lipinski definition) is 0. The lowest BCUT2D eigenvalue weighted by molar-refractivity contribution is 0.0793. The van der Waals surface area contributed by atoms with Crippen LogP contribution < -0.4 is 14.4 Å². The molecule has 3 rings (SSSR count). The first-order chi connectivity index (χ1) is 12.6. The summed E-state index contributed by atoms with van der Waals surface area (Å²) in [5.74, 6) is 1.57. The van der Waals surface area contributed by atoms with Crippen LogP contribution >= 0.6 is 0 Å². The minimum atomic E-state index is 0.141. The number of amides is 1. The minimum Gasteiger partial charge on any atom is -0.493 e. The van der Waals surface area contributed by atoms with E-state index >= 15 is 0 Å². The van der Waals surface area contributed by atoms with Gasteiger partial charge in [-0.05, 0) is 42.7 Å². The van der Waals surface area contributed by atoms with E-state index in [1.807, 2.05) is 54.4 Å². The number of methoxy groups -OCH3 is 2. The maximum Gasteiger partial charge on any atom is 0.253 e. The Labute approximate surface area is 155 Å². The predicted molar refractivity (Wildman–Crippen MR) is 103 cm³/mol. The van der Waals surface area contributed by atoms with E-state index < -0.39 is 0 Å². The fourth-order valence-electron chi connectivity index (χ4n) is 3.28. The number of carbonyl (C=O) groups excluding carboxylic acids is 1. The maximum atomic E-state index is 12.4. The van der Waals surface area contributed by atoms with E-state index in [-0.39, 0.29) is 5.91 Å². The second kappa shape index (κ2) is 8.13. The zero-order valence-electron chi connectivity index (χ0n) is 15.7. The molecule has 1 fully saturated rings. The van der Waals surface area contributed by atoms with Crippen molar-refractivity contribution in [2.24, 2.45) is 0 Å². The standard InChI is InChI=1S/C21H26N2O3/c1-22(18-10-11-19(25-2)20(14-18)26-3)15-16-6-8-17(9-7-16)21(24)23-12-4-5-13-23/h6-11,14H,4-5,12-13,15H2,1-3H3. The smallest absolute Gasteiger partial charge is 0.253 e. The van der Waals surface area contributed by atoms with Crippen molar-refractivity contribution in [3.63, 3.8) is 0 Å². The summed E-state index contributed by atoms with van der Waals surface area (Å²) in [6, 6.07) is 13.8. The van der Waals surface area contributed by atoms with Crippen LogP contribution in [0.2, 0.25) is 0 Å². The molecular weight excluding hydrogens is 328 g/mol. The van der Waals surface area contributed by atoms with Gasteiger partial charge in [-0.25, -0.2) is 0 Å². The molecule has 5 heteroatoms. The van der Waals surface area contributed by atoms with Gasteiger partial charge in [0.1, 0.15) is 0 Å². The molecule has 26 heavy (non-hydrogen) atoms. The van der Waals surface area contributed by atoms with Gasteiger partial charge in [-0.2, -0.15) is 0 Å². The Bertz CT molecular complexity index is 752. The summed E-state index contributed by atoms with van der Waals surface area (Å²) in [6.45, 7) is 2.50. The second-order valence-corrected chi connectivity index (χ2v) is 6.59. The molecule has 0 atom stereocenters. The number of hydrogen-bond acceptors (Lipinski definition) is 4. The van der Waals surface area contributed by atoms with Crippen molar-refractivity contribution in [2.45, 2.75) is 19.4 Å². The van der Waals surface area contributed by atoms with Gasteiger partial charge in [0.05, 0.1) is 14.2 Å². The molecule has 0 aliphatic carbocycles. The quantitative estimate of drug-likeness (QED) is 0.795. The molecule has 1 saturated heterocycles. The van der Waals surface area contributed by atoms with Gasteiger partial charge in [-0.1, -0.05) is 12.1 Å². The Morgan fingerprint density at radius 3 is 2.27 bits per heavy atom. The molecule has 138 valence electrons. The van der Waals surface area contributed by atoms with Crippen molar-refractivity contribution in [2.75, 3.05) is 39.3 Å². The lowest BCUT2D eigenvalue weighted by Gasteiger charge is -2.21. The van der Waals surface area contributed by atoms with E-state index in [0.717, 1.165) is 55.0 Å². The van der Waals surface area contributed by atoms with Crippen molar-refractivity contribution in [1.82, 2.24) is 4.90 Å². The molecular formula is C21H26N2O3. The van der Waals surface area contributed by atoms with E-state index in [0.29, 0.717) is 5.75 Å². The summed E-state index contributed by atoms with van der Waals surface area (Å²) in [7, 11) is 5.30. The van der Waals surface area contributed by atoms with E-state index in [1.165, 1.54) is 0 Å². The fraction of sp³-hybridized carbons (Fsp3) is 0.381. The van der Waals surface area contributed by atoms with Gasteiger partial charge >= 0.3 is 0 Å². The van der Waals surface area contributed by atoms with Crippen molar-refractivity contribution in [3.8, 4) is 11.5 Å². The van der Waals surface area contributed by atoms with Crippen LogP contribution in [-0.4, -0.2) is 45.2 Å². The molecule has 1 aliphatic heterocycles. The third kappa shape index (κ3) is 3.93. The Balaban J connectivity index is 1.67. The van der Waals surface area contributed by atoms with E-state index in [1.54, 1.807) is 14.2 Å². The Kier molecular flexibility index (Phi) is 5.66. The molecule has 1 heterocycles. The van der Waals surface area contributed by atoms with E-state index in [9.17, 15) is 4.79 Å². The summed E-state index contributed by atoms with van der Waals surface area (Å²) in [4.78, 5) is 16.5. The largest absolute Gasteiger partial charge is 0.493 e. The maximum absolute atomic E-state index is 12.4. The molecule has 2 aromatic carbocycles. The first-order valence-electron chi connectivity index (χ1n) is 8.93. The van der Waals surface area contributed by atoms with Gasteiger partial charge < -0.3 is 19.3 Å². The van der Waals surface area contributed by atoms with Crippen LogP contribution in [0.15, 0.2) is 42.5 Å². The minimum absolute atomic E-state index is 0.141. The highest BCUT2D eigenvalue weighted by atomic mass is 16.5. The molecule has 0 spiro atoms. The van der Waals surface area contributed by atoms with Crippen molar-refractivity contribution in [3.05, 3.63) is 53.6 Å². The van der Waals surface area contributed by atoms with E-state index in [4.69, 9.17) is 9.47 Å². The van der Waals surface area contributed by atoms with Gasteiger partial charge in [0, 0.05) is 44.0 Å². The lowest BCUT2D eigenvalue weighted by Crippen LogP contribution is -2.27. The Hall–Kier alpha value is -2.69. The van der Waals surface area contributed by atoms with Crippen LogP contribution in [0, 0.1) is 0 Å². The summed E-state index contributed by atoms with van der Waals surface area (Å²) in [5.41, 5.74) is 2.96. The van der Waals surface area contributed by atoms with Gasteiger partial charge in [0.25, 0.3) is 5.91 Å². The second-order valence-electron chi connectivity index (χ2n) is 6.59. The van der Waals surface area contributed by atoms with Gasteiger partial charge in [0.2, 0.25) is 0 Å². The summed E-state index contributed by atoms with van der Waals surface area (Å²) < 4.78 is 10.7. The number of carbonyl (C=O) groups is 1. The molecule has 0 radical (unpaired) electrons. The van der Waals surface area contributed by atoms with Gasteiger partial charge in [0.15, 0.2) is 11.5 Å². The van der Waals surface area contributed by atoms with Crippen LogP contribution in [0.3, 0.4) is 0 Å². The lowest BCUT2D eigenvalue weighted by atomic mass is 10.1. The summed E-state index contributed by atoms with van der Waals surface area (Å²) in [6.07, 6.45) is 2.22. The molecule has 1 amide bonds. The van der Waals surface area contributed by atoms with Crippen molar-refractivity contribution in [1.29, 1.82) is 0 Å². The number of rotatable bonds is 6. The van der Waals surface area contributed by atoms with Crippen LogP contribution in [0.4, 0.5) is 5.69 Å². The highest BCUT2D eigenvalue weighted by Gasteiger charge is 2.19. The highest BCUT2D eigenvalue weighted by Crippen LogP contribution is 2.31. The Morgan fingerprint density at radius 2 is 1.65 bits per heavy atom. The van der Waals surface area contributed by atoms with Crippen LogP contribution in [0.5, 0.6) is 11.5 Å². The van der Waals surface area contributed by atoms with Crippen LogP contribution in [0.1, 0.15) is 28.8 Å². The molecule has 0 N–H and O–H groups in total. The molecule has 0 bridgehead atoms. The summed E-state index contributed by atoms with van der Waals surface area (Å²) in [5, 5.41) is 0. The topological polar surface area (TPSA) is 42.0 Å². The third-order valence-electron chi connectivity index (χ3n) is 4.82. The highest BCUT2D eigenvalue weighted by molar-refractivity contribution is 5.94. The normalized spacial score (nSPS) is 13.6. The van der Waals surface area contributed by atoms with Crippen LogP contribution in [0.25, 0.3) is 0 Å². The fourth-order valence-corrected chi connectivity index (χ4v) is 3.28. The van der Waals surface area contributed by atoms with Crippen molar-refractivity contribution < 1.29 is 14.3 Å². The molecule has 5 nitrogen and oxygen atoms in total. The SMILES string of the molecule is COc1ccc(N(C)Cc2ccc(C(=O)N3CCCC3)cc2)cc1OC. The van der Waals surface area contributed by atoms with Gasteiger partial charge in [-0.15, -0.1) is 0 Å². The third-order valence-corrected chi connectivity index (χ3v) is 4.82. The number of likely N-dealkylation sites (tertiary alicyclic amines) is 1. The summed E-state index contributed by atoms with van der Waals surface area (Å²) >= 11 is 0.